The van der Waals surface area contributed by atoms with Gasteiger partial charge in [0.05, 0.1) is 11.1 Å². The van der Waals surface area contributed by atoms with Crippen molar-refractivity contribution < 1.29 is 9.50 Å². The fraction of sp³-hybridized carbons (Fsp3) is 0.143. The number of halogens is 3. The average Bonchev–Trinajstić information content (AvgIpc) is 2.36. The second-order valence-electron chi connectivity index (χ2n) is 3.98. The molecule has 1 atom stereocenters. The van der Waals surface area contributed by atoms with Gasteiger partial charge in [-0.15, -0.1) is 0 Å². The van der Waals surface area contributed by atoms with E-state index in [0.29, 0.717) is 5.56 Å². The first-order chi connectivity index (χ1) is 8.58. The van der Waals surface area contributed by atoms with Crippen LogP contribution in [0.15, 0.2) is 46.9 Å². The summed E-state index contributed by atoms with van der Waals surface area (Å²) in [4.78, 5) is 0. The van der Waals surface area contributed by atoms with Gasteiger partial charge in [-0.05, 0) is 29.3 Å². The predicted molar refractivity (Wildman–Crippen MR) is 74.2 cm³/mol. The molecule has 0 heterocycles. The maximum Gasteiger partial charge on any atom is 0.142 e. The molecule has 94 valence electrons. The van der Waals surface area contributed by atoms with Gasteiger partial charge in [0.2, 0.25) is 0 Å². The van der Waals surface area contributed by atoms with E-state index in [-0.39, 0.29) is 11.4 Å². The molecule has 1 N–H and O–H groups in total. The van der Waals surface area contributed by atoms with Gasteiger partial charge in [0.1, 0.15) is 5.82 Å². The molecule has 2 aromatic rings. The van der Waals surface area contributed by atoms with Crippen LogP contribution in [0.5, 0.6) is 0 Å². The Kier molecular flexibility index (Phi) is 4.38. The summed E-state index contributed by atoms with van der Waals surface area (Å²) in [6, 6.07) is 12.0. The second kappa shape index (κ2) is 5.83. The zero-order valence-corrected chi connectivity index (χ0v) is 11.7. The lowest BCUT2D eigenvalue weighted by Gasteiger charge is -2.12. The van der Waals surface area contributed by atoms with Gasteiger partial charge in [0, 0.05) is 10.9 Å². The van der Waals surface area contributed by atoms with Gasteiger partial charge in [0.15, 0.2) is 0 Å². The van der Waals surface area contributed by atoms with Crippen molar-refractivity contribution in [2.24, 2.45) is 0 Å². The summed E-state index contributed by atoms with van der Waals surface area (Å²) in [5.41, 5.74) is 1.38. The van der Waals surface area contributed by atoms with Gasteiger partial charge in [-0.1, -0.05) is 51.8 Å². The van der Waals surface area contributed by atoms with Crippen LogP contribution in [-0.4, -0.2) is 5.11 Å². The normalized spacial score (nSPS) is 12.4. The van der Waals surface area contributed by atoms with Crippen LogP contribution in [0.4, 0.5) is 4.39 Å². The van der Waals surface area contributed by atoms with Crippen molar-refractivity contribution in [2.75, 3.05) is 0 Å². The highest BCUT2D eigenvalue weighted by Crippen LogP contribution is 2.26. The first-order valence-electron chi connectivity index (χ1n) is 5.44. The molecule has 18 heavy (non-hydrogen) atoms. The molecule has 0 bridgehead atoms. The molecule has 4 heteroatoms. The van der Waals surface area contributed by atoms with Gasteiger partial charge in [-0.3, -0.25) is 0 Å². The molecule has 2 aromatic carbocycles. The highest BCUT2D eigenvalue weighted by Gasteiger charge is 2.12. The molecule has 0 amide bonds. The summed E-state index contributed by atoms with van der Waals surface area (Å²) in [5, 5.41) is 10.2. The number of benzene rings is 2. The molecule has 0 aromatic heterocycles. The minimum Gasteiger partial charge on any atom is -0.388 e. The van der Waals surface area contributed by atoms with Gasteiger partial charge < -0.3 is 5.11 Å². The van der Waals surface area contributed by atoms with Gasteiger partial charge in [-0.2, -0.15) is 0 Å². The van der Waals surface area contributed by atoms with Crippen LogP contribution in [0.1, 0.15) is 17.2 Å². The number of hydrogen-bond acceptors (Lipinski definition) is 1. The minimum atomic E-state index is -0.697. The van der Waals surface area contributed by atoms with Gasteiger partial charge >= 0.3 is 0 Å². The summed E-state index contributed by atoms with van der Waals surface area (Å²) < 4.78 is 14.2. The third kappa shape index (κ3) is 3.10. The van der Waals surface area contributed by atoms with E-state index in [2.05, 4.69) is 15.9 Å². The van der Waals surface area contributed by atoms with E-state index < -0.39 is 11.9 Å². The Balaban J connectivity index is 2.18. The Morgan fingerprint density at radius 1 is 1.17 bits per heavy atom. The Morgan fingerprint density at radius 2 is 1.83 bits per heavy atom. The molecule has 0 saturated heterocycles. The maximum absolute atomic E-state index is 13.3. The number of aliphatic hydroxyl groups excluding tert-OH is 1. The lowest BCUT2D eigenvalue weighted by atomic mass is 10.0. The molecule has 2 rings (SSSR count). The first kappa shape index (κ1) is 13.5. The van der Waals surface area contributed by atoms with E-state index in [0.717, 1.165) is 10.0 Å². The van der Waals surface area contributed by atoms with Crippen molar-refractivity contribution in [1.29, 1.82) is 0 Å². The zero-order chi connectivity index (χ0) is 13.1. The highest BCUT2D eigenvalue weighted by molar-refractivity contribution is 9.10. The summed E-state index contributed by atoms with van der Waals surface area (Å²) in [6.07, 6.45) is -0.407. The monoisotopic (exact) mass is 328 g/mol. The van der Waals surface area contributed by atoms with E-state index in [9.17, 15) is 9.50 Å². The summed E-state index contributed by atoms with van der Waals surface area (Å²) in [5.74, 6) is -0.461. The van der Waals surface area contributed by atoms with Crippen LogP contribution in [-0.2, 0) is 6.42 Å². The van der Waals surface area contributed by atoms with Crippen molar-refractivity contribution in [2.45, 2.75) is 12.5 Å². The van der Waals surface area contributed by atoms with E-state index in [4.69, 9.17) is 11.6 Å². The Labute approximate surface area is 118 Å². The maximum atomic E-state index is 13.3. The summed E-state index contributed by atoms with van der Waals surface area (Å²) >= 11 is 9.19. The highest BCUT2D eigenvalue weighted by atomic mass is 79.9. The molecule has 0 fully saturated rings. The predicted octanol–water partition coefficient (Wildman–Crippen LogP) is 4.52. The standard InChI is InChI=1S/C14H11BrClFO/c15-11-6-4-9(5-7-11)13(18)8-10-2-1-3-12(17)14(10)16/h1-7,13,18H,8H2. The Morgan fingerprint density at radius 3 is 2.50 bits per heavy atom. The lowest BCUT2D eigenvalue weighted by Crippen LogP contribution is -2.02. The number of hydrogen-bond donors (Lipinski definition) is 1. The molecular weight excluding hydrogens is 319 g/mol. The quantitative estimate of drug-likeness (QED) is 0.878. The van der Waals surface area contributed by atoms with Gasteiger partial charge in [0.25, 0.3) is 0 Å². The average molecular weight is 330 g/mol. The molecular formula is C14H11BrClFO. The molecule has 0 aliphatic rings. The largest absolute Gasteiger partial charge is 0.388 e. The van der Waals surface area contributed by atoms with E-state index in [1.807, 2.05) is 24.3 Å². The third-order valence-corrected chi connectivity index (χ3v) is 3.65. The summed E-state index contributed by atoms with van der Waals surface area (Å²) in [7, 11) is 0. The Hall–Kier alpha value is -0.900. The van der Waals surface area contributed by atoms with Crippen molar-refractivity contribution >= 4 is 27.5 Å². The van der Waals surface area contributed by atoms with Crippen LogP contribution in [0.25, 0.3) is 0 Å². The second-order valence-corrected chi connectivity index (χ2v) is 5.28. The minimum absolute atomic E-state index is 0.0775. The van der Waals surface area contributed by atoms with Crippen molar-refractivity contribution in [3.05, 3.63) is 68.9 Å². The smallest absolute Gasteiger partial charge is 0.142 e. The molecule has 0 aliphatic carbocycles. The molecule has 1 nitrogen and oxygen atoms in total. The SMILES string of the molecule is OC(Cc1cccc(F)c1Cl)c1ccc(Br)cc1. The van der Waals surface area contributed by atoms with Crippen LogP contribution < -0.4 is 0 Å². The van der Waals surface area contributed by atoms with Crippen LogP contribution in [0, 0.1) is 5.82 Å². The topological polar surface area (TPSA) is 20.2 Å². The van der Waals surface area contributed by atoms with Crippen LogP contribution >= 0.6 is 27.5 Å². The van der Waals surface area contributed by atoms with E-state index in [1.165, 1.54) is 6.07 Å². The Bertz CT molecular complexity index is 542. The van der Waals surface area contributed by atoms with Crippen LogP contribution in [0.3, 0.4) is 0 Å². The van der Waals surface area contributed by atoms with Gasteiger partial charge in [-0.25, -0.2) is 4.39 Å². The fourth-order valence-corrected chi connectivity index (χ4v) is 2.18. The van der Waals surface area contributed by atoms with E-state index >= 15 is 0 Å². The molecule has 0 radical (unpaired) electrons. The molecule has 0 saturated carbocycles. The van der Waals surface area contributed by atoms with E-state index in [1.54, 1.807) is 12.1 Å². The molecule has 0 spiro atoms. The van der Waals surface area contributed by atoms with Crippen molar-refractivity contribution in [1.82, 2.24) is 0 Å². The zero-order valence-electron chi connectivity index (χ0n) is 9.41. The van der Waals surface area contributed by atoms with Crippen molar-refractivity contribution in [3.8, 4) is 0 Å². The summed E-state index contributed by atoms with van der Waals surface area (Å²) in [6.45, 7) is 0. The number of rotatable bonds is 3. The van der Waals surface area contributed by atoms with Crippen LogP contribution in [0.2, 0.25) is 5.02 Å². The fourth-order valence-electron chi connectivity index (χ4n) is 1.72. The lowest BCUT2D eigenvalue weighted by molar-refractivity contribution is 0.178. The first-order valence-corrected chi connectivity index (χ1v) is 6.61. The molecule has 0 aliphatic heterocycles. The number of aliphatic hydroxyl groups is 1. The van der Waals surface area contributed by atoms with Crippen molar-refractivity contribution in [3.63, 3.8) is 0 Å². The molecule has 1 unspecified atom stereocenters. The third-order valence-electron chi connectivity index (χ3n) is 2.70.